The lowest BCUT2D eigenvalue weighted by Gasteiger charge is -1.93. The van der Waals surface area contributed by atoms with Crippen molar-refractivity contribution in [2.45, 2.75) is 0 Å². The molecule has 9 heavy (non-hydrogen) atoms. The van der Waals surface area contributed by atoms with Gasteiger partial charge in [0, 0.05) is 0 Å². The highest BCUT2D eigenvalue weighted by molar-refractivity contribution is 5.76. The fourth-order valence-corrected chi connectivity index (χ4v) is 0.591. The van der Waals surface area contributed by atoms with Crippen molar-refractivity contribution in [3.63, 3.8) is 0 Å². The Morgan fingerprint density at radius 2 is 2.56 bits per heavy atom. The second-order valence-electron chi connectivity index (χ2n) is 1.70. The molecule has 0 fully saturated rings. The van der Waals surface area contributed by atoms with Crippen LogP contribution in [-0.4, -0.2) is 19.9 Å². The van der Waals surface area contributed by atoms with E-state index in [4.69, 9.17) is 4.74 Å². The molecule has 0 saturated heterocycles. The lowest BCUT2D eigenvalue weighted by molar-refractivity contribution is 0.317. The summed E-state index contributed by atoms with van der Waals surface area (Å²) >= 11 is 0. The summed E-state index contributed by atoms with van der Waals surface area (Å²) in [7, 11) is 1.64. The first-order valence-electron chi connectivity index (χ1n) is 2.84. The van der Waals surface area contributed by atoms with E-state index in [1.54, 1.807) is 13.3 Å². The molecule has 0 bridgehead atoms. The van der Waals surface area contributed by atoms with E-state index in [1.165, 1.54) is 0 Å². The molecule has 1 aliphatic heterocycles. The van der Waals surface area contributed by atoms with Gasteiger partial charge in [-0.05, 0) is 6.08 Å². The minimum atomic E-state index is 0.753. The molecule has 0 N–H and O–H groups in total. The summed E-state index contributed by atoms with van der Waals surface area (Å²) in [6, 6.07) is 0. The Morgan fingerprint density at radius 1 is 1.67 bits per heavy atom. The topological polar surface area (TPSA) is 21.6 Å². The molecule has 0 aliphatic carbocycles. The molecule has 0 radical (unpaired) electrons. The first-order chi connectivity index (χ1) is 4.43. The highest BCUT2D eigenvalue weighted by atomic mass is 16.5. The van der Waals surface area contributed by atoms with Gasteiger partial charge in [-0.25, -0.2) is 0 Å². The van der Waals surface area contributed by atoms with Gasteiger partial charge in [0.25, 0.3) is 0 Å². The molecule has 1 aliphatic rings. The zero-order chi connectivity index (χ0) is 6.53. The number of ether oxygens (including phenoxy) is 1. The van der Waals surface area contributed by atoms with Crippen LogP contribution in [0.5, 0.6) is 0 Å². The van der Waals surface area contributed by atoms with Crippen LogP contribution in [0, 0.1) is 0 Å². The third kappa shape index (κ3) is 1.72. The van der Waals surface area contributed by atoms with Gasteiger partial charge in [-0.2, -0.15) is 0 Å². The normalized spacial score (nSPS) is 16.8. The largest absolute Gasteiger partial charge is 0.495 e. The molecule has 0 spiro atoms. The van der Waals surface area contributed by atoms with Gasteiger partial charge >= 0.3 is 0 Å². The summed E-state index contributed by atoms with van der Waals surface area (Å²) in [4.78, 5) is 4.02. The summed E-state index contributed by atoms with van der Waals surface area (Å²) in [6.45, 7) is 0.753. The van der Waals surface area contributed by atoms with Crippen LogP contribution in [0.25, 0.3) is 0 Å². The maximum absolute atomic E-state index is 4.93. The second-order valence-corrected chi connectivity index (χ2v) is 1.70. The van der Waals surface area contributed by atoms with Crippen molar-refractivity contribution >= 4 is 6.21 Å². The number of nitrogens with zero attached hydrogens (tertiary/aromatic N) is 1. The number of hydrogen-bond acceptors (Lipinski definition) is 2. The lowest BCUT2D eigenvalue weighted by atomic mass is 10.4. The van der Waals surface area contributed by atoms with Gasteiger partial charge in [0.1, 0.15) is 5.76 Å². The number of aliphatic imine (C=N–C) groups is 1. The van der Waals surface area contributed by atoms with Crippen LogP contribution >= 0.6 is 0 Å². The smallest absolute Gasteiger partial charge is 0.136 e. The molecule has 1 rings (SSSR count). The molecule has 48 valence electrons. The van der Waals surface area contributed by atoms with Crippen LogP contribution in [-0.2, 0) is 4.74 Å². The monoisotopic (exact) mass is 123 g/mol. The molecule has 0 atom stereocenters. The predicted molar refractivity (Wildman–Crippen MR) is 37.6 cm³/mol. The van der Waals surface area contributed by atoms with Crippen molar-refractivity contribution in [1.29, 1.82) is 0 Å². The van der Waals surface area contributed by atoms with Crippen molar-refractivity contribution in [2.24, 2.45) is 4.99 Å². The Bertz CT molecular complexity index is 168. The van der Waals surface area contributed by atoms with Crippen LogP contribution in [0.1, 0.15) is 0 Å². The maximum atomic E-state index is 4.93. The van der Waals surface area contributed by atoms with E-state index >= 15 is 0 Å². The van der Waals surface area contributed by atoms with Crippen molar-refractivity contribution in [3.8, 4) is 0 Å². The number of hydrogen-bond donors (Lipinski definition) is 0. The Balaban J connectivity index is 2.67. The van der Waals surface area contributed by atoms with E-state index in [0.29, 0.717) is 0 Å². The molecule has 1 heterocycles. The standard InChI is InChI=1S/C7H9NO/c1-9-7-4-2-3-5-8-6-7/h2-4,6H,5H2,1H3. The highest BCUT2D eigenvalue weighted by Gasteiger charge is 1.88. The van der Waals surface area contributed by atoms with E-state index in [-0.39, 0.29) is 0 Å². The van der Waals surface area contributed by atoms with Crippen LogP contribution in [0.15, 0.2) is 29.0 Å². The summed E-state index contributed by atoms with van der Waals surface area (Å²) < 4.78 is 4.93. The number of methoxy groups -OCH3 is 1. The quantitative estimate of drug-likeness (QED) is 0.512. The van der Waals surface area contributed by atoms with E-state index in [2.05, 4.69) is 4.99 Å². The molecule has 2 heteroatoms. The van der Waals surface area contributed by atoms with Gasteiger partial charge in [-0.1, -0.05) is 12.2 Å². The van der Waals surface area contributed by atoms with E-state index < -0.39 is 0 Å². The van der Waals surface area contributed by atoms with Crippen LogP contribution < -0.4 is 0 Å². The maximum Gasteiger partial charge on any atom is 0.136 e. The molecule has 0 aromatic carbocycles. The fourth-order valence-electron chi connectivity index (χ4n) is 0.591. The van der Waals surface area contributed by atoms with Crippen molar-refractivity contribution < 1.29 is 4.74 Å². The Morgan fingerprint density at radius 3 is 3.33 bits per heavy atom. The molecule has 0 aromatic rings. The molecule has 0 saturated carbocycles. The average molecular weight is 123 g/mol. The number of allylic oxidation sites excluding steroid dienone is 3. The van der Waals surface area contributed by atoms with Crippen LogP contribution in [0.2, 0.25) is 0 Å². The molecule has 2 nitrogen and oxygen atoms in total. The van der Waals surface area contributed by atoms with Gasteiger partial charge in [-0.3, -0.25) is 4.99 Å². The first-order valence-corrected chi connectivity index (χ1v) is 2.84. The Labute approximate surface area is 54.6 Å². The third-order valence-electron chi connectivity index (χ3n) is 1.06. The van der Waals surface area contributed by atoms with Gasteiger partial charge < -0.3 is 4.74 Å². The molecule has 0 amide bonds. The fraction of sp³-hybridized carbons (Fsp3) is 0.286. The van der Waals surface area contributed by atoms with Gasteiger partial charge in [0.2, 0.25) is 0 Å². The Hall–Kier alpha value is -1.05. The van der Waals surface area contributed by atoms with Crippen LogP contribution in [0.3, 0.4) is 0 Å². The molecular weight excluding hydrogens is 114 g/mol. The van der Waals surface area contributed by atoms with Crippen molar-refractivity contribution in [1.82, 2.24) is 0 Å². The predicted octanol–water partition coefficient (Wildman–Crippen LogP) is 1.16. The van der Waals surface area contributed by atoms with Gasteiger partial charge in [0.05, 0.1) is 19.9 Å². The molecule has 0 unspecified atom stereocenters. The zero-order valence-electron chi connectivity index (χ0n) is 5.37. The minimum Gasteiger partial charge on any atom is -0.495 e. The van der Waals surface area contributed by atoms with E-state index in [0.717, 1.165) is 12.3 Å². The average Bonchev–Trinajstić information content (AvgIpc) is 2.13. The second kappa shape index (κ2) is 3.07. The summed E-state index contributed by atoms with van der Waals surface area (Å²) in [5, 5.41) is 0. The lowest BCUT2D eigenvalue weighted by Crippen LogP contribution is -1.85. The highest BCUT2D eigenvalue weighted by Crippen LogP contribution is 1.95. The summed E-state index contributed by atoms with van der Waals surface area (Å²) in [6.07, 6.45) is 7.52. The van der Waals surface area contributed by atoms with Gasteiger partial charge in [0.15, 0.2) is 0 Å². The molecule has 0 aromatic heterocycles. The van der Waals surface area contributed by atoms with Crippen molar-refractivity contribution in [2.75, 3.05) is 13.7 Å². The first kappa shape index (κ1) is 6.08. The minimum absolute atomic E-state index is 0.753. The summed E-state index contributed by atoms with van der Waals surface area (Å²) in [5.41, 5.74) is 0. The van der Waals surface area contributed by atoms with Crippen molar-refractivity contribution in [3.05, 3.63) is 24.0 Å². The summed E-state index contributed by atoms with van der Waals surface area (Å²) in [5.74, 6) is 0.809. The van der Waals surface area contributed by atoms with Crippen LogP contribution in [0.4, 0.5) is 0 Å². The SMILES string of the molecule is COC1=CC=CCN=C1. The zero-order valence-corrected chi connectivity index (χ0v) is 5.37. The van der Waals surface area contributed by atoms with E-state index in [1.807, 2.05) is 18.2 Å². The Kier molecular flexibility index (Phi) is 2.07. The third-order valence-corrected chi connectivity index (χ3v) is 1.06. The molecular formula is C7H9NO. The van der Waals surface area contributed by atoms with E-state index in [9.17, 15) is 0 Å². The number of rotatable bonds is 1. The van der Waals surface area contributed by atoms with Gasteiger partial charge in [-0.15, -0.1) is 0 Å².